The lowest BCUT2D eigenvalue weighted by molar-refractivity contribution is -0.135. The van der Waals surface area contributed by atoms with E-state index in [2.05, 4.69) is 65.1 Å². The highest BCUT2D eigenvalue weighted by Crippen LogP contribution is 2.42. The first-order valence-corrected chi connectivity index (χ1v) is 24.2. The number of amides is 2. The van der Waals surface area contributed by atoms with E-state index < -0.39 is 11.9 Å². The van der Waals surface area contributed by atoms with Gasteiger partial charge < -0.3 is 24.6 Å². The third-order valence-corrected chi connectivity index (χ3v) is 15.2. The van der Waals surface area contributed by atoms with Gasteiger partial charge in [0.15, 0.2) is 0 Å². The molecule has 4 aromatic rings. The van der Waals surface area contributed by atoms with Crippen LogP contribution in [-0.2, 0) is 27.8 Å². The number of aryl methyl sites for hydroxylation is 1. The molecule has 5 fully saturated rings. The summed E-state index contributed by atoms with van der Waals surface area (Å²) in [6, 6.07) is 6.55. The molecule has 0 radical (unpaired) electrons. The van der Waals surface area contributed by atoms with E-state index in [1.54, 1.807) is 11.6 Å². The van der Waals surface area contributed by atoms with Crippen LogP contribution in [0.1, 0.15) is 140 Å². The monoisotopic (exact) mass is 866 g/mol. The third kappa shape index (κ3) is 9.79. The molecule has 0 bridgehead atoms. The number of piperidine rings is 1. The van der Waals surface area contributed by atoms with Gasteiger partial charge in [0.2, 0.25) is 17.8 Å². The van der Waals surface area contributed by atoms with E-state index in [1.807, 2.05) is 18.2 Å². The van der Waals surface area contributed by atoms with Crippen molar-refractivity contribution in [1.29, 1.82) is 0 Å². The Labute approximate surface area is 372 Å². The number of nitrogens with zero attached hydrogens (tertiary/aromatic N) is 7. The minimum atomic E-state index is -0.675. The second kappa shape index (κ2) is 18.4. The predicted octanol–water partition coefficient (Wildman–Crippen LogP) is 6.46. The van der Waals surface area contributed by atoms with Gasteiger partial charge in [0.1, 0.15) is 11.7 Å². The maximum absolute atomic E-state index is 13.1. The van der Waals surface area contributed by atoms with Gasteiger partial charge in [-0.3, -0.25) is 28.9 Å². The van der Waals surface area contributed by atoms with Crippen LogP contribution in [0.15, 0.2) is 35.4 Å². The van der Waals surface area contributed by atoms with Gasteiger partial charge in [-0.15, -0.1) is 0 Å². The van der Waals surface area contributed by atoms with Gasteiger partial charge in [-0.2, -0.15) is 4.98 Å². The molecule has 14 heteroatoms. The average molecular weight is 866 g/mol. The minimum absolute atomic E-state index is 0.180. The fourth-order valence-corrected chi connectivity index (χ4v) is 11.7. The lowest BCUT2D eigenvalue weighted by Crippen LogP contribution is -2.56. The number of aliphatic hydroxyl groups excluding tert-OH is 1. The normalized spacial score (nSPS) is 28.3. The first kappa shape index (κ1) is 44.1. The summed E-state index contributed by atoms with van der Waals surface area (Å²) in [7, 11) is 1.74. The molecule has 2 amide bonds. The SMILES string of the molecule is C[C@@H](CC(C)(C)C)Nc1ncc2c(n1)n([C@H]1CC[C@H](O)CC1)cc2[C@H]1CC[C@H](CN2CCN(C3CC(OCCc4ccc5c(c4)n(C)c(=O)n5C4CCC(=O)NC4=O)C3)CC2)CC1. The molecule has 342 valence electrons. The summed E-state index contributed by atoms with van der Waals surface area (Å²) in [5.74, 6) is 1.29. The fourth-order valence-electron chi connectivity index (χ4n) is 11.7. The van der Waals surface area contributed by atoms with E-state index in [1.165, 1.54) is 47.7 Å². The molecule has 9 rings (SSSR count). The van der Waals surface area contributed by atoms with Crippen LogP contribution in [0.5, 0.6) is 0 Å². The van der Waals surface area contributed by atoms with Gasteiger partial charge in [-0.25, -0.2) is 9.78 Å². The summed E-state index contributed by atoms with van der Waals surface area (Å²) in [5, 5.41) is 17.5. The number of nitrogens with one attached hydrogen (secondary N) is 2. The van der Waals surface area contributed by atoms with Gasteiger partial charge in [-0.05, 0) is 131 Å². The molecule has 0 spiro atoms. The van der Waals surface area contributed by atoms with Gasteiger partial charge in [0, 0.05) is 82.1 Å². The zero-order chi connectivity index (χ0) is 44.0. The number of hydrogen-bond acceptors (Lipinski definition) is 10. The summed E-state index contributed by atoms with van der Waals surface area (Å²) in [4.78, 5) is 52.8. The fraction of sp³-hybridized carbons (Fsp3) is 0.694. The summed E-state index contributed by atoms with van der Waals surface area (Å²) in [6.07, 6.45) is 17.8. The highest BCUT2D eigenvalue weighted by Gasteiger charge is 2.37. The number of hydrogen-bond donors (Lipinski definition) is 3. The number of imidazole rings is 1. The van der Waals surface area contributed by atoms with E-state index in [0.717, 1.165) is 106 Å². The van der Waals surface area contributed by atoms with Crippen molar-refractivity contribution in [3.05, 3.63) is 52.2 Å². The number of carbonyl (C=O) groups is 2. The molecular formula is C49H71N9O5. The van der Waals surface area contributed by atoms with Gasteiger partial charge in [-0.1, -0.05) is 26.8 Å². The van der Waals surface area contributed by atoms with Crippen LogP contribution in [0.25, 0.3) is 22.1 Å². The number of piperazine rings is 1. The quantitative estimate of drug-likeness (QED) is 0.128. The van der Waals surface area contributed by atoms with Gasteiger partial charge in [0.25, 0.3) is 0 Å². The predicted molar refractivity (Wildman–Crippen MR) is 246 cm³/mol. The summed E-state index contributed by atoms with van der Waals surface area (Å²) in [6.45, 7) is 15.4. The zero-order valence-corrected chi connectivity index (χ0v) is 38.4. The van der Waals surface area contributed by atoms with E-state index >= 15 is 0 Å². The Balaban J connectivity index is 0.719. The van der Waals surface area contributed by atoms with E-state index in [-0.39, 0.29) is 35.6 Å². The molecule has 2 aliphatic heterocycles. The van der Waals surface area contributed by atoms with Crippen LogP contribution in [0.3, 0.4) is 0 Å². The lowest BCUT2D eigenvalue weighted by atomic mass is 9.78. The second-order valence-corrected chi connectivity index (χ2v) is 21.1. The van der Waals surface area contributed by atoms with Crippen molar-refractivity contribution in [2.45, 2.75) is 160 Å². The van der Waals surface area contributed by atoms with E-state index in [9.17, 15) is 19.5 Å². The number of imide groups is 1. The minimum Gasteiger partial charge on any atom is -0.393 e. The van der Waals surface area contributed by atoms with Crippen LogP contribution in [0.4, 0.5) is 5.95 Å². The number of ether oxygens (including phenoxy) is 1. The molecule has 3 saturated carbocycles. The molecule has 1 aromatic carbocycles. The number of carbonyl (C=O) groups excluding carboxylic acids is 2. The molecule has 3 N–H and O–H groups in total. The van der Waals surface area contributed by atoms with Crippen LogP contribution < -0.4 is 16.3 Å². The number of rotatable bonds is 13. The Morgan fingerprint density at radius 2 is 1.68 bits per heavy atom. The van der Waals surface area contributed by atoms with Gasteiger partial charge in [0.05, 0.1) is 29.8 Å². The lowest BCUT2D eigenvalue weighted by Gasteiger charge is -2.46. The maximum Gasteiger partial charge on any atom is 0.329 e. The van der Waals surface area contributed by atoms with Crippen LogP contribution in [0.2, 0.25) is 0 Å². The highest BCUT2D eigenvalue weighted by molar-refractivity contribution is 6.00. The first-order valence-electron chi connectivity index (χ1n) is 24.2. The van der Waals surface area contributed by atoms with Crippen molar-refractivity contribution in [3.63, 3.8) is 0 Å². The Morgan fingerprint density at radius 3 is 2.40 bits per heavy atom. The molecule has 1 unspecified atom stereocenters. The average Bonchev–Trinajstić information content (AvgIpc) is 3.72. The van der Waals surface area contributed by atoms with Gasteiger partial charge >= 0.3 is 5.69 Å². The molecule has 5 aliphatic rings. The first-order chi connectivity index (χ1) is 30.3. The number of fused-ring (bicyclic) bond motifs is 2. The Hall–Kier alpha value is -4.11. The van der Waals surface area contributed by atoms with Crippen molar-refractivity contribution < 1.29 is 19.4 Å². The number of anilines is 1. The zero-order valence-electron chi connectivity index (χ0n) is 38.4. The number of aliphatic hydroxyl groups is 1. The molecule has 2 saturated heterocycles. The smallest absolute Gasteiger partial charge is 0.329 e. The van der Waals surface area contributed by atoms with Crippen LogP contribution >= 0.6 is 0 Å². The maximum atomic E-state index is 13.1. The van der Waals surface area contributed by atoms with Crippen molar-refractivity contribution in [2.75, 3.05) is 44.6 Å². The van der Waals surface area contributed by atoms with E-state index in [0.29, 0.717) is 42.6 Å². The largest absolute Gasteiger partial charge is 0.393 e. The van der Waals surface area contributed by atoms with Crippen molar-refractivity contribution >= 4 is 39.8 Å². The second-order valence-electron chi connectivity index (χ2n) is 21.1. The number of aromatic nitrogens is 5. The Kier molecular flexibility index (Phi) is 12.9. The van der Waals surface area contributed by atoms with E-state index in [4.69, 9.17) is 14.7 Å². The topological polar surface area (TPSA) is 152 Å². The Morgan fingerprint density at radius 1 is 0.937 bits per heavy atom. The molecular weight excluding hydrogens is 795 g/mol. The molecule has 2 atom stereocenters. The third-order valence-electron chi connectivity index (χ3n) is 15.2. The number of benzene rings is 1. The van der Waals surface area contributed by atoms with Crippen LogP contribution in [-0.4, -0.2) is 114 Å². The molecule has 3 aliphatic carbocycles. The molecule has 3 aromatic heterocycles. The summed E-state index contributed by atoms with van der Waals surface area (Å²) >= 11 is 0. The van der Waals surface area contributed by atoms with Crippen molar-refractivity contribution in [2.24, 2.45) is 18.4 Å². The van der Waals surface area contributed by atoms with Crippen LogP contribution in [0, 0.1) is 11.3 Å². The summed E-state index contributed by atoms with van der Waals surface area (Å²) in [5.41, 5.74) is 5.06. The standard InChI is InChI=1S/C49H71N9O5/c1-31(27-49(2,3)4)51-47-50-28-39-40(30-57(45(39)53-47)35-11-13-37(59)14-12-35)34-9-6-33(7-10-34)29-55-19-21-56(22-20-55)36-25-38(26-36)63-23-18-32-8-15-41-43(24-32)54(5)48(62)58(41)42-16-17-44(60)52-46(42)61/h8,15,24,28,30-31,33-38,42,59H,6-7,9-14,16-23,25-27,29H2,1-5H3,(H,50,51,53)(H,52,60,61)/t31-,33-,34-,35-,36?,37-,38?,42?/m0/s1. The van der Waals surface area contributed by atoms with Crippen molar-refractivity contribution in [1.82, 2.24) is 38.8 Å². The van der Waals surface area contributed by atoms with Crippen molar-refractivity contribution in [3.8, 4) is 0 Å². The highest BCUT2D eigenvalue weighted by atomic mass is 16.5. The molecule has 14 nitrogen and oxygen atoms in total. The Bertz CT molecular complexity index is 2310. The molecule has 5 heterocycles. The molecule has 63 heavy (non-hydrogen) atoms. The summed E-state index contributed by atoms with van der Waals surface area (Å²) < 4.78 is 11.9.